The Balaban J connectivity index is 3.35. The highest BCUT2D eigenvalue weighted by Gasteiger charge is 2.33. The first-order chi connectivity index (χ1) is 19.6. The fourth-order valence-electron chi connectivity index (χ4n) is 4.06. The number of hydrogen-bond donors (Lipinski definition) is 2. The molecule has 0 aromatic heterocycles. The zero-order chi connectivity index (χ0) is 32.0. The molecular formula is C30H47NO11. The predicted molar refractivity (Wildman–Crippen MR) is 154 cm³/mol. The zero-order valence-electron chi connectivity index (χ0n) is 26.0. The Morgan fingerprint density at radius 3 is 1.86 bits per heavy atom. The highest BCUT2D eigenvalue weighted by atomic mass is 16.8. The van der Waals surface area contributed by atoms with Crippen LogP contribution >= 0.6 is 0 Å². The Kier molecular flexibility index (Phi) is 15.1. The molecule has 12 nitrogen and oxygen atoms in total. The van der Waals surface area contributed by atoms with Crippen molar-refractivity contribution in [2.24, 2.45) is 11.7 Å². The lowest BCUT2D eigenvalue weighted by Crippen LogP contribution is -2.41. The van der Waals surface area contributed by atoms with Crippen LogP contribution in [-0.4, -0.2) is 60.0 Å². The molecule has 1 aromatic carbocycles. The molecule has 0 fully saturated rings. The van der Waals surface area contributed by atoms with E-state index in [1.807, 2.05) is 20.8 Å². The lowest BCUT2D eigenvalue weighted by atomic mass is 9.82. The first kappa shape index (κ1) is 36.5. The number of nitrogens with two attached hydrogens (primary N) is 1. The summed E-state index contributed by atoms with van der Waals surface area (Å²) in [6.07, 6.45) is -0.425. The molecule has 4 unspecified atom stereocenters. The van der Waals surface area contributed by atoms with Gasteiger partial charge in [0, 0.05) is 5.92 Å². The molecule has 0 amide bonds. The molecule has 1 aromatic rings. The maximum atomic E-state index is 12.6. The average molecular weight is 598 g/mol. The van der Waals surface area contributed by atoms with Gasteiger partial charge in [-0.25, -0.2) is 14.4 Å². The van der Waals surface area contributed by atoms with Crippen LogP contribution in [0.4, 0.5) is 14.4 Å². The Morgan fingerprint density at radius 1 is 0.857 bits per heavy atom. The summed E-state index contributed by atoms with van der Waals surface area (Å²) in [6, 6.07) is 2.74. The SMILES string of the molecule is CCCC(C)OC(=O)Oc1ccc(C(C(C)COC(=O)OC(C)(C)CC)[C@H](N)C(=O)O)cc1OC(=O)OC(C)CCC. The van der Waals surface area contributed by atoms with Crippen LogP contribution in [0.5, 0.6) is 11.5 Å². The fourth-order valence-corrected chi connectivity index (χ4v) is 4.06. The number of ether oxygens (including phenoxy) is 6. The summed E-state index contributed by atoms with van der Waals surface area (Å²) in [6.45, 7) is 14.1. The first-order valence-electron chi connectivity index (χ1n) is 14.4. The van der Waals surface area contributed by atoms with Crippen molar-refractivity contribution in [2.45, 2.75) is 117 Å². The van der Waals surface area contributed by atoms with Crippen LogP contribution in [0.25, 0.3) is 0 Å². The third-order valence-corrected chi connectivity index (χ3v) is 6.68. The molecule has 5 atom stereocenters. The highest BCUT2D eigenvalue weighted by molar-refractivity contribution is 5.75. The topological polar surface area (TPSA) is 170 Å². The van der Waals surface area contributed by atoms with E-state index in [1.54, 1.807) is 34.6 Å². The van der Waals surface area contributed by atoms with Crippen LogP contribution in [0.15, 0.2) is 18.2 Å². The quantitative estimate of drug-likeness (QED) is 0.119. The van der Waals surface area contributed by atoms with Gasteiger partial charge in [-0.1, -0.05) is 46.6 Å². The Labute approximate surface area is 248 Å². The van der Waals surface area contributed by atoms with Gasteiger partial charge in [0.2, 0.25) is 0 Å². The smallest absolute Gasteiger partial charge is 0.480 e. The summed E-state index contributed by atoms with van der Waals surface area (Å²) in [5, 5.41) is 9.74. The summed E-state index contributed by atoms with van der Waals surface area (Å²) < 4.78 is 31.8. The molecule has 0 saturated heterocycles. The van der Waals surface area contributed by atoms with Crippen molar-refractivity contribution in [1.82, 2.24) is 0 Å². The van der Waals surface area contributed by atoms with Gasteiger partial charge in [0.15, 0.2) is 11.5 Å². The summed E-state index contributed by atoms with van der Waals surface area (Å²) in [7, 11) is 0. The predicted octanol–water partition coefficient (Wildman–Crippen LogP) is 6.57. The number of carboxylic acids is 1. The molecule has 0 aliphatic heterocycles. The van der Waals surface area contributed by atoms with Gasteiger partial charge in [-0.05, 0) is 70.6 Å². The number of carboxylic acid groups (broad SMARTS) is 1. The normalized spacial score (nSPS) is 14.9. The van der Waals surface area contributed by atoms with Crippen molar-refractivity contribution < 1.29 is 52.7 Å². The van der Waals surface area contributed by atoms with E-state index in [0.29, 0.717) is 24.8 Å². The van der Waals surface area contributed by atoms with E-state index in [9.17, 15) is 24.3 Å². The minimum atomic E-state index is -1.43. The summed E-state index contributed by atoms with van der Waals surface area (Å²) in [5.74, 6) is -3.20. The highest BCUT2D eigenvalue weighted by Crippen LogP contribution is 2.36. The standard InChI is InChI=1S/C30H47NO11/c1-9-12-19(5)38-28(35)40-22-15-14-21(16-23(22)41-29(36)39-20(6)13-10-2)24(25(31)26(32)33)18(4)17-37-27(34)42-30(7,8)11-3/h14-16,18-20,24-25H,9-13,17,31H2,1-8H3,(H,32,33)/t18?,19?,20?,24?,25-/m0/s1. The third-order valence-electron chi connectivity index (χ3n) is 6.68. The number of carbonyl (C=O) groups is 4. The van der Waals surface area contributed by atoms with E-state index in [4.69, 9.17) is 34.2 Å². The monoisotopic (exact) mass is 597 g/mol. The van der Waals surface area contributed by atoms with E-state index in [0.717, 1.165) is 12.8 Å². The van der Waals surface area contributed by atoms with Crippen molar-refractivity contribution in [3.63, 3.8) is 0 Å². The molecule has 0 bridgehead atoms. The van der Waals surface area contributed by atoms with E-state index >= 15 is 0 Å². The van der Waals surface area contributed by atoms with Gasteiger partial charge >= 0.3 is 24.4 Å². The van der Waals surface area contributed by atoms with Crippen LogP contribution in [0, 0.1) is 5.92 Å². The molecular weight excluding hydrogens is 550 g/mol. The van der Waals surface area contributed by atoms with Gasteiger partial charge in [0.1, 0.15) is 23.9 Å². The van der Waals surface area contributed by atoms with Gasteiger partial charge in [0.25, 0.3) is 0 Å². The van der Waals surface area contributed by atoms with Crippen LogP contribution < -0.4 is 15.2 Å². The Bertz CT molecular complexity index is 1040. The molecule has 0 radical (unpaired) electrons. The molecule has 0 heterocycles. The van der Waals surface area contributed by atoms with Gasteiger partial charge in [-0.2, -0.15) is 0 Å². The average Bonchev–Trinajstić information content (AvgIpc) is 2.88. The van der Waals surface area contributed by atoms with Crippen molar-refractivity contribution in [3.05, 3.63) is 23.8 Å². The molecule has 0 aliphatic rings. The van der Waals surface area contributed by atoms with Crippen LogP contribution in [-0.2, 0) is 23.7 Å². The van der Waals surface area contributed by atoms with E-state index in [-0.39, 0.29) is 18.1 Å². The minimum Gasteiger partial charge on any atom is -0.480 e. The molecule has 0 saturated carbocycles. The lowest BCUT2D eigenvalue weighted by molar-refractivity contribution is -0.139. The summed E-state index contributed by atoms with van der Waals surface area (Å²) in [5.41, 5.74) is 5.66. The largest absolute Gasteiger partial charge is 0.514 e. The molecule has 42 heavy (non-hydrogen) atoms. The number of carbonyl (C=O) groups excluding carboxylic acids is 3. The molecule has 3 N–H and O–H groups in total. The Morgan fingerprint density at radius 2 is 1.38 bits per heavy atom. The third kappa shape index (κ3) is 12.5. The van der Waals surface area contributed by atoms with Gasteiger partial charge in [0.05, 0.1) is 6.61 Å². The van der Waals surface area contributed by atoms with Crippen molar-refractivity contribution >= 4 is 24.4 Å². The van der Waals surface area contributed by atoms with E-state index in [2.05, 4.69) is 0 Å². The summed E-state index contributed by atoms with van der Waals surface area (Å²) >= 11 is 0. The van der Waals surface area contributed by atoms with Crippen molar-refractivity contribution in [2.75, 3.05) is 6.61 Å². The molecule has 0 aliphatic carbocycles. The second-order valence-corrected chi connectivity index (χ2v) is 11.0. The van der Waals surface area contributed by atoms with Crippen molar-refractivity contribution in [3.8, 4) is 11.5 Å². The molecule has 1 rings (SSSR count). The first-order valence-corrected chi connectivity index (χ1v) is 14.4. The van der Waals surface area contributed by atoms with Crippen LogP contribution in [0.1, 0.15) is 99.0 Å². The van der Waals surface area contributed by atoms with Gasteiger partial charge in [-0.15, -0.1) is 0 Å². The van der Waals surface area contributed by atoms with Crippen LogP contribution in [0.3, 0.4) is 0 Å². The van der Waals surface area contributed by atoms with Gasteiger partial charge < -0.3 is 39.3 Å². The van der Waals surface area contributed by atoms with Gasteiger partial charge in [-0.3, -0.25) is 4.79 Å². The summed E-state index contributed by atoms with van der Waals surface area (Å²) in [4.78, 5) is 49.2. The van der Waals surface area contributed by atoms with E-state index in [1.165, 1.54) is 18.2 Å². The fraction of sp³-hybridized carbons (Fsp3) is 0.667. The van der Waals surface area contributed by atoms with Crippen LogP contribution in [0.2, 0.25) is 0 Å². The second-order valence-electron chi connectivity index (χ2n) is 11.0. The van der Waals surface area contributed by atoms with Crippen molar-refractivity contribution in [1.29, 1.82) is 0 Å². The zero-order valence-corrected chi connectivity index (χ0v) is 26.0. The van der Waals surface area contributed by atoms with E-state index < -0.39 is 60.1 Å². The molecule has 0 spiro atoms. The lowest BCUT2D eigenvalue weighted by Gasteiger charge is -2.28. The molecule has 12 heteroatoms. The number of rotatable bonds is 16. The number of benzene rings is 1. The number of hydrogen-bond acceptors (Lipinski definition) is 11. The number of aliphatic carboxylic acids is 1. The maximum absolute atomic E-state index is 12.6. The maximum Gasteiger partial charge on any atom is 0.514 e. The second kappa shape index (κ2) is 17.4. The molecule has 238 valence electrons. The Hall–Kier alpha value is -3.54. The minimum absolute atomic E-state index is 0.149.